The average Bonchev–Trinajstić information content (AvgIpc) is 2.87. The van der Waals surface area contributed by atoms with Crippen LogP contribution in [0.2, 0.25) is 0 Å². The Morgan fingerprint density at radius 3 is 1.63 bits per heavy atom. The zero-order valence-corrected chi connectivity index (χ0v) is 21.4. The molecule has 2 atom stereocenters. The predicted molar refractivity (Wildman–Crippen MR) is 121 cm³/mol. The van der Waals surface area contributed by atoms with Crippen molar-refractivity contribution in [3.63, 3.8) is 0 Å². The lowest BCUT2D eigenvalue weighted by molar-refractivity contribution is -0.441. The number of unbranched alkanes of at least 4 members (excludes halogenated alkanes) is 1. The van der Waals surface area contributed by atoms with Crippen molar-refractivity contribution < 1.29 is 66.9 Å². The van der Waals surface area contributed by atoms with Crippen LogP contribution in [0.3, 0.4) is 0 Å². The number of hydrogen-bond donors (Lipinski definition) is 1. The van der Waals surface area contributed by atoms with Crippen molar-refractivity contribution in [1.82, 2.24) is 0 Å². The molecule has 15 heteroatoms. The van der Waals surface area contributed by atoms with Crippen LogP contribution in [-0.4, -0.2) is 47.5 Å². The molecule has 0 aliphatic heterocycles. The topological polar surface area (TPSA) is 29.5 Å². The number of aliphatic hydroxyl groups is 1. The summed E-state index contributed by atoms with van der Waals surface area (Å²) in [4.78, 5) is 0. The molecule has 2 rings (SSSR count). The lowest BCUT2D eigenvalue weighted by Gasteiger charge is -2.43. The summed E-state index contributed by atoms with van der Waals surface area (Å²) in [5.74, 6) is -39.3. The first-order chi connectivity index (χ1) is 18.5. The number of benzene rings is 2. The van der Waals surface area contributed by atoms with Gasteiger partial charge in [-0.05, 0) is 29.7 Å². The smallest absolute Gasteiger partial charge is 0.460 e. The summed E-state index contributed by atoms with van der Waals surface area (Å²) in [6, 6.07) is 10.6. The first-order valence-corrected chi connectivity index (χ1v) is 12.0. The average molecular weight is 616 g/mol. The summed E-state index contributed by atoms with van der Waals surface area (Å²) in [6.45, 7) is 3.05. The highest BCUT2D eigenvalue weighted by atomic mass is 19.4. The van der Waals surface area contributed by atoms with Gasteiger partial charge in [-0.3, -0.25) is 0 Å². The van der Waals surface area contributed by atoms with Gasteiger partial charge in [0.25, 0.3) is 0 Å². The maximum atomic E-state index is 15.0. The number of hydrogen-bond acceptors (Lipinski definition) is 2. The summed E-state index contributed by atoms with van der Waals surface area (Å²) in [7, 11) is 0. The summed E-state index contributed by atoms with van der Waals surface area (Å²) in [5, 5.41) is 11.4. The first-order valence-electron chi connectivity index (χ1n) is 12.0. The van der Waals surface area contributed by atoms with Crippen molar-refractivity contribution in [2.45, 2.75) is 80.4 Å². The van der Waals surface area contributed by atoms with E-state index in [-0.39, 0.29) is 17.9 Å². The molecule has 0 aromatic heterocycles. The summed E-state index contributed by atoms with van der Waals surface area (Å²) >= 11 is 0. The Hall–Kier alpha value is -2.71. The molecule has 0 amide bonds. The maximum Gasteiger partial charge on any atom is 0.460 e. The molecular weight excluding hydrogens is 591 g/mol. The molecule has 0 radical (unpaired) electrons. The molecule has 232 valence electrons. The molecule has 41 heavy (non-hydrogen) atoms. The molecule has 1 N–H and O–H groups in total. The Balaban J connectivity index is 2.63. The quantitative estimate of drug-likeness (QED) is 0.180. The molecule has 0 bridgehead atoms. The summed E-state index contributed by atoms with van der Waals surface area (Å²) in [6.07, 6.45) is -8.96. The van der Waals surface area contributed by atoms with Crippen molar-refractivity contribution in [2.24, 2.45) is 0 Å². The van der Waals surface area contributed by atoms with Crippen molar-refractivity contribution in [3.05, 3.63) is 65.7 Å². The molecule has 2 aromatic carbocycles. The van der Waals surface area contributed by atoms with Crippen LogP contribution in [-0.2, 0) is 5.60 Å². The van der Waals surface area contributed by atoms with Crippen LogP contribution in [0.15, 0.2) is 54.6 Å². The molecule has 0 saturated heterocycles. The van der Waals surface area contributed by atoms with E-state index >= 15 is 0 Å². The Kier molecular flexibility index (Phi) is 9.69. The van der Waals surface area contributed by atoms with Crippen LogP contribution in [0.1, 0.15) is 50.2 Å². The SMILES string of the molecule is CCCCOc1ccc(C(O)(CC(F)(F)C(F)(F)C(F)(F)C(F)(F)C(F)(F)C(F)(F)F)C(C)c2ccccc2)cc1. The zero-order valence-electron chi connectivity index (χ0n) is 21.4. The van der Waals surface area contributed by atoms with E-state index in [1.54, 1.807) is 0 Å². The molecule has 0 heterocycles. The van der Waals surface area contributed by atoms with Crippen molar-refractivity contribution in [3.8, 4) is 5.75 Å². The molecule has 0 spiro atoms. The van der Waals surface area contributed by atoms with Gasteiger partial charge < -0.3 is 9.84 Å². The molecule has 0 saturated carbocycles. The van der Waals surface area contributed by atoms with Crippen LogP contribution in [0, 0.1) is 0 Å². The summed E-state index contributed by atoms with van der Waals surface area (Å²) < 4.78 is 184. The number of ether oxygens (including phenoxy) is 1. The van der Waals surface area contributed by atoms with E-state index in [0.29, 0.717) is 6.42 Å². The monoisotopic (exact) mass is 616 g/mol. The van der Waals surface area contributed by atoms with Gasteiger partial charge in [-0.15, -0.1) is 0 Å². The number of alkyl halides is 13. The van der Waals surface area contributed by atoms with E-state index < -0.39 is 59.3 Å². The first kappa shape index (κ1) is 34.5. The predicted octanol–water partition coefficient (Wildman–Crippen LogP) is 8.99. The number of rotatable bonds is 13. The van der Waals surface area contributed by atoms with Gasteiger partial charge in [-0.2, -0.15) is 57.1 Å². The van der Waals surface area contributed by atoms with E-state index in [9.17, 15) is 62.2 Å². The van der Waals surface area contributed by atoms with E-state index in [1.165, 1.54) is 30.3 Å². The lowest BCUT2D eigenvalue weighted by atomic mass is 9.73. The Morgan fingerprint density at radius 2 is 1.17 bits per heavy atom. The third-order valence-corrected chi connectivity index (χ3v) is 6.63. The van der Waals surface area contributed by atoms with Gasteiger partial charge in [0.15, 0.2) is 0 Å². The van der Waals surface area contributed by atoms with Gasteiger partial charge in [0, 0.05) is 5.92 Å². The molecule has 2 unspecified atom stereocenters. The molecule has 0 aliphatic carbocycles. The van der Waals surface area contributed by atoms with Gasteiger partial charge in [-0.25, -0.2) is 0 Å². The van der Waals surface area contributed by atoms with Gasteiger partial charge in [0.2, 0.25) is 0 Å². The number of halogens is 13. The normalized spacial score (nSPS) is 16.3. The molecular formula is C26H25F13O2. The Morgan fingerprint density at radius 1 is 0.683 bits per heavy atom. The molecule has 0 fully saturated rings. The molecule has 2 nitrogen and oxygen atoms in total. The van der Waals surface area contributed by atoms with Crippen molar-refractivity contribution >= 4 is 0 Å². The van der Waals surface area contributed by atoms with E-state index in [0.717, 1.165) is 37.6 Å². The molecule has 0 aliphatic rings. The van der Waals surface area contributed by atoms with Gasteiger partial charge >= 0.3 is 35.8 Å². The van der Waals surface area contributed by atoms with Crippen LogP contribution < -0.4 is 4.74 Å². The fourth-order valence-electron chi connectivity index (χ4n) is 3.95. The minimum atomic E-state index is -8.02. The van der Waals surface area contributed by atoms with Crippen LogP contribution in [0.5, 0.6) is 5.75 Å². The zero-order chi connectivity index (χ0) is 31.7. The summed E-state index contributed by atoms with van der Waals surface area (Å²) in [5.41, 5.74) is -3.94. The van der Waals surface area contributed by atoms with Crippen molar-refractivity contribution in [1.29, 1.82) is 0 Å². The van der Waals surface area contributed by atoms with Gasteiger partial charge in [0.05, 0.1) is 13.0 Å². The van der Waals surface area contributed by atoms with E-state index in [2.05, 4.69) is 0 Å². The third-order valence-electron chi connectivity index (χ3n) is 6.63. The second kappa shape index (κ2) is 11.5. The minimum Gasteiger partial charge on any atom is -0.494 e. The molecule has 2 aromatic rings. The largest absolute Gasteiger partial charge is 0.494 e. The van der Waals surface area contributed by atoms with Crippen LogP contribution in [0.4, 0.5) is 57.1 Å². The van der Waals surface area contributed by atoms with Crippen LogP contribution in [0.25, 0.3) is 0 Å². The van der Waals surface area contributed by atoms with E-state index in [1.807, 2.05) is 6.92 Å². The van der Waals surface area contributed by atoms with Gasteiger partial charge in [-0.1, -0.05) is 62.7 Å². The van der Waals surface area contributed by atoms with Crippen molar-refractivity contribution in [2.75, 3.05) is 6.61 Å². The Labute approximate surface area is 226 Å². The second-order valence-corrected chi connectivity index (χ2v) is 9.46. The third kappa shape index (κ3) is 6.09. The highest BCUT2D eigenvalue weighted by Crippen LogP contribution is 2.62. The highest BCUT2D eigenvalue weighted by Gasteiger charge is 2.90. The second-order valence-electron chi connectivity index (χ2n) is 9.46. The van der Waals surface area contributed by atoms with E-state index in [4.69, 9.17) is 4.74 Å². The minimum absolute atomic E-state index is 0.0296. The fourth-order valence-corrected chi connectivity index (χ4v) is 3.95. The Bertz CT molecular complexity index is 1130. The fraction of sp³-hybridized carbons (Fsp3) is 0.538. The maximum absolute atomic E-state index is 15.0. The standard InChI is InChI=1S/C26H25F13O2/c1-3-4-14-41-19-12-10-18(11-13-19)20(40,16(2)17-8-6-5-7-9-17)15-21(27,28)22(29,30)23(31,32)24(33,34)25(35,36)26(37,38)39/h5-13,16,40H,3-4,14-15H2,1-2H3. The highest BCUT2D eigenvalue weighted by molar-refractivity contribution is 5.35. The lowest BCUT2D eigenvalue weighted by Crippen LogP contribution is -2.70. The van der Waals surface area contributed by atoms with Crippen LogP contribution >= 0.6 is 0 Å². The van der Waals surface area contributed by atoms with Gasteiger partial charge in [0.1, 0.15) is 11.4 Å².